The van der Waals surface area contributed by atoms with Crippen molar-refractivity contribution >= 4 is 529 Å². The van der Waals surface area contributed by atoms with E-state index in [0.717, 1.165) is 11.1 Å². The molecule has 452 valence electrons. The Morgan fingerprint density at radius 2 is 0.595 bits per heavy atom. The molecule has 0 saturated carbocycles. The van der Waals surface area contributed by atoms with Gasteiger partial charge in [0.05, 0.1) is 19.2 Å². The highest BCUT2D eigenvalue weighted by Crippen LogP contribution is 3.13. The van der Waals surface area contributed by atoms with E-state index in [9.17, 15) is 4.79 Å². The van der Waals surface area contributed by atoms with Crippen LogP contribution in [0.1, 0.15) is 23.6 Å². The summed E-state index contributed by atoms with van der Waals surface area (Å²) in [5, 5.41) is 8.53. The zero-order valence-corrected chi connectivity index (χ0v) is 103. The van der Waals surface area contributed by atoms with Crippen LogP contribution in [0.3, 0.4) is 0 Å². The molecule has 0 amide bonds. The smallest absolute Gasteiger partial charge is 0.305 e. The summed E-state index contributed by atoms with van der Waals surface area (Å²) < 4.78 is 0. The summed E-state index contributed by atoms with van der Waals surface area (Å²) >= 11 is 0. The van der Waals surface area contributed by atoms with Crippen LogP contribution in [0.2, 0.25) is 0 Å². The van der Waals surface area contributed by atoms with Gasteiger partial charge in [-0.2, -0.15) is 0 Å². The molecule has 0 bridgehead atoms. The van der Waals surface area contributed by atoms with Gasteiger partial charge >= 0.3 is 5.97 Å². The Morgan fingerprint density at radius 1 is 0.380 bits per heavy atom. The molecule has 0 heterocycles. The van der Waals surface area contributed by atoms with E-state index in [2.05, 4.69) is 304 Å². The fraction of sp³-hybridized carbons (Fsp3) is 0.300. The highest BCUT2D eigenvalue weighted by Gasteiger charge is 2.67. The molecule has 0 aliphatic rings. The highest BCUT2D eigenvalue weighted by molar-refractivity contribution is 9.20. The third-order valence-electron chi connectivity index (χ3n) is 10.4. The Balaban J connectivity index is 0.00000405. The average molecular weight is 2130 g/mol. The van der Waals surface area contributed by atoms with Gasteiger partial charge in [-0.05, 0) is 110 Å². The number of carboxylic acid groups (broad SMARTS) is 1. The first kappa shape index (κ1) is 103. The second kappa shape index (κ2) is 55.5. The molecule has 79 heavy (non-hydrogen) atoms. The Hall–Kier alpha value is 24.1. The second-order valence-electron chi connectivity index (χ2n) is 15.8. The number of nitrogens with two attached hydrogens (primary N) is 1. The summed E-state index contributed by atoms with van der Waals surface area (Å²) in [6.07, 6.45) is 1.72. The predicted molar refractivity (Wildman–Crippen MR) is 593 cm³/mol. The zero-order chi connectivity index (χ0) is 62.3. The van der Waals surface area contributed by atoms with E-state index in [1.807, 2.05) is 31.2 Å². The van der Waals surface area contributed by atoms with Crippen molar-refractivity contribution in [2.45, 2.75) is 19.4 Å². The lowest BCUT2D eigenvalue weighted by atomic mass is 8.65. The third-order valence-corrected chi connectivity index (χ3v) is 219. The summed E-state index contributed by atoms with van der Waals surface area (Å²) in [5.74, 6) is -0.867. The Bertz CT molecular complexity index is 1660. The van der Waals surface area contributed by atoms with E-state index in [4.69, 9.17) is 10.8 Å². The average Bonchev–Trinajstić information content (AvgIpc) is 3.24. The van der Waals surface area contributed by atoms with E-state index in [-0.39, 0.29) is 111 Å². The van der Waals surface area contributed by atoms with Gasteiger partial charge in [-0.15, -0.1) is 325 Å². The number of benzene rings is 1. The lowest BCUT2D eigenvalue weighted by Crippen LogP contribution is -2.72. The molecule has 35 unspecified atom stereocenters. The number of aliphatic carboxylic acids is 1. The van der Waals surface area contributed by atoms with Crippen LogP contribution in [-0.2, 0) is 4.79 Å². The van der Waals surface area contributed by atoms with Crippen LogP contribution in [0.4, 0.5) is 0 Å². The normalized spacial score (nSPS) is 13.4. The molecule has 0 fully saturated rings. The van der Waals surface area contributed by atoms with E-state index in [0.29, 0.717) is 49.4 Å². The molecule has 1 aromatic carbocycles. The minimum Gasteiger partial charge on any atom is -0.481 e. The van der Waals surface area contributed by atoms with Crippen molar-refractivity contribution in [3.8, 4) is 0 Å². The summed E-state index contributed by atoms with van der Waals surface area (Å²) in [5.41, 5.74) is 7.66. The van der Waals surface area contributed by atoms with Crippen molar-refractivity contribution in [3.05, 3.63) is 35.4 Å². The van der Waals surface area contributed by atoms with Crippen LogP contribution in [0.5, 0.6) is 0 Å². The molecule has 35 atom stereocenters. The zero-order valence-electron chi connectivity index (χ0n) is 42.5. The van der Waals surface area contributed by atoms with Crippen molar-refractivity contribution < 1.29 is 9.90 Å². The molecule has 0 spiro atoms. The van der Waals surface area contributed by atoms with Crippen molar-refractivity contribution in [2.24, 2.45) is 5.73 Å². The quantitative estimate of drug-likeness (QED) is 0.0534. The van der Waals surface area contributed by atoms with E-state index in [1.165, 1.54) is 0 Å². The molecular weight excluding hydrogens is 2050 g/mol. The Kier molecular flexibility index (Phi) is 72.5. The molecule has 1 aromatic rings. The van der Waals surface area contributed by atoms with E-state index < -0.39 is 76.6 Å². The number of hydrogen-bond donors (Lipinski definition) is 2. The first-order valence-electron chi connectivity index (χ1n) is 20.6. The maximum atomic E-state index is 10.4. The van der Waals surface area contributed by atoms with Crippen molar-refractivity contribution in [2.75, 3.05) is 0 Å². The maximum Gasteiger partial charge on any atom is 0.305 e. The molecule has 3 N–H and O–H groups in total. The maximum absolute atomic E-state index is 10.4. The molecule has 0 radical (unpaired) electrons. The largest absolute Gasteiger partial charge is 0.481 e. The summed E-state index contributed by atoms with van der Waals surface area (Å²) in [4.78, 5) is 10.4. The molecular formula is C10H81B8NO2P58. The van der Waals surface area contributed by atoms with Crippen molar-refractivity contribution in [1.82, 2.24) is 0 Å². The van der Waals surface area contributed by atoms with E-state index in [1.54, 1.807) is 0 Å². The minimum atomic E-state index is -0.867. The summed E-state index contributed by atoms with van der Waals surface area (Å²) in [6.45, 7) is -3.17. The molecule has 0 aliphatic carbocycles. The SMILES string of the molecule is Cc1cccc(C(N)CC(=O)O)c1.PP(P)B(B(B(B(B(P(P(P)P)P(P)P)P(P(P)P)P(P)P)B(P(P(P)P)P(P)P)P(P(P)P)P(P)P)B(P(P(P)P)P(P)P)P(P(P)P)P(P)P)B(P(P)P)P(P(P)P)P(P)P)P(P)P. The molecule has 0 aliphatic heterocycles. The lowest BCUT2D eigenvalue weighted by Gasteiger charge is -2.57. The van der Waals surface area contributed by atoms with Gasteiger partial charge in [-0.25, -0.2) is 0 Å². The predicted octanol–water partition coefficient (Wildman–Crippen LogP) is 30.2. The standard InChI is InChI=1S/C10H13NO2.B8H68P58/c1-7-3-2-4-8(5-7)9(11)6-10(12)13;9-43(10)4(44(11)12)2(5(45(13)14)46(53(15)16)54(17)18)1(6(47(55(19)20)56(21)22)48(57(23)24)58(25)26)3(7(49(59(27)28)60(29)30)50(61(31)32)62(33)34)8(51(63(35)36)64(37)38)52(65(39)40)66(41)42/h2-5,9H,6,11H2,1H3,(H,12,13);9-42H2. The van der Waals surface area contributed by atoms with Crippen LogP contribution in [0.15, 0.2) is 24.3 Å². The molecule has 1 rings (SSSR count). The van der Waals surface area contributed by atoms with Gasteiger partial charge in [0, 0.05) is 12.4 Å². The van der Waals surface area contributed by atoms with Gasteiger partial charge < -0.3 is 10.8 Å². The summed E-state index contributed by atoms with van der Waals surface area (Å²) in [6, 6.07) is 10.4. The number of aryl methyl sites for hydroxylation is 1. The topological polar surface area (TPSA) is 63.3 Å². The molecule has 0 saturated heterocycles. The Labute approximate surface area is 590 Å². The van der Waals surface area contributed by atoms with Crippen LogP contribution >= 0.6 is 473 Å². The van der Waals surface area contributed by atoms with Crippen LogP contribution < -0.4 is 5.73 Å². The van der Waals surface area contributed by atoms with Crippen LogP contribution in [-0.4, -0.2) is 60.4 Å². The van der Waals surface area contributed by atoms with Crippen molar-refractivity contribution in [1.29, 1.82) is 0 Å². The highest BCUT2D eigenvalue weighted by atomic mass is 33.0. The van der Waals surface area contributed by atoms with E-state index >= 15 is 0 Å². The fourth-order valence-corrected chi connectivity index (χ4v) is 367. The van der Waals surface area contributed by atoms with Crippen molar-refractivity contribution in [3.63, 3.8) is 0 Å². The number of carboxylic acids is 1. The monoisotopic (exact) mass is 2130 g/mol. The fourth-order valence-electron chi connectivity index (χ4n) is 7.94. The van der Waals surface area contributed by atoms with Gasteiger partial charge in [-0.1, -0.05) is 80.1 Å². The number of hydrogen-bond acceptors (Lipinski definition) is 2. The summed E-state index contributed by atoms with van der Waals surface area (Å²) in [7, 11) is 116. The number of rotatable bonds is 34. The van der Waals surface area contributed by atoms with Gasteiger partial charge in [0.15, 0.2) is 30.2 Å². The second-order valence-corrected chi connectivity index (χ2v) is 210. The first-order valence-corrected chi connectivity index (χ1v) is 118. The van der Waals surface area contributed by atoms with Crippen LogP contribution in [0.25, 0.3) is 0 Å². The van der Waals surface area contributed by atoms with Crippen LogP contribution in [0, 0.1) is 6.92 Å². The van der Waals surface area contributed by atoms with Gasteiger partial charge in [0.2, 0.25) is 0 Å². The Morgan fingerprint density at radius 3 is 0.797 bits per heavy atom. The third kappa shape index (κ3) is 37.1. The van der Waals surface area contributed by atoms with Gasteiger partial charge in [0.1, 0.15) is 0 Å². The first-order chi connectivity index (χ1) is 36.1. The van der Waals surface area contributed by atoms with Gasteiger partial charge in [0.25, 0.3) is 0 Å². The van der Waals surface area contributed by atoms with Gasteiger partial charge in [-0.3, -0.25) is 4.79 Å². The number of carbonyl (C=O) groups is 1. The molecule has 3 nitrogen and oxygen atoms in total. The molecule has 0 aromatic heterocycles. The minimum absolute atomic E-state index is 0.0244. The molecule has 69 heteroatoms. The lowest BCUT2D eigenvalue weighted by molar-refractivity contribution is -0.137.